The molecule has 0 aromatic rings. The summed E-state index contributed by atoms with van der Waals surface area (Å²) in [6.07, 6.45) is 6.33. The maximum absolute atomic E-state index is 9.92. The molecule has 178 valence electrons. The van der Waals surface area contributed by atoms with Crippen LogP contribution in [0.15, 0.2) is 0 Å². The van der Waals surface area contributed by atoms with Crippen molar-refractivity contribution in [2.24, 2.45) is 0 Å². The molecule has 10 nitrogen and oxygen atoms in total. The average Bonchev–Trinajstić information content (AvgIpc) is 2.67. The molecule has 0 aliphatic heterocycles. The predicted octanol–water partition coefficient (Wildman–Crippen LogP) is -2.98. The van der Waals surface area contributed by atoms with Crippen LogP contribution in [0.1, 0.15) is 90.9 Å². The summed E-state index contributed by atoms with van der Waals surface area (Å²) in [6, 6.07) is 0. The molecule has 0 aliphatic carbocycles. The fourth-order valence-corrected chi connectivity index (χ4v) is 2.00. The van der Waals surface area contributed by atoms with E-state index in [4.69, 9.17) is 10.2 Å². The number of hydrogen-bond donors (Lipinski definition) is 2. The predicted molar refractivity (Wildman–Crippen MR) is 105 cm³/mol. The Hall–Kier alpha value is -1.40. The van der Waals surface area contributed by atoms with Crippen molar-refractivity contribution in [3.8, 4) is 0 Å². The SMILES string of the molecule is CCCCCCCC(=O)[O-].CCCCCCCC(=O)[O-].O=C([O-])C(O)C(O)C(=O)[O-].[Sn+4]. The van der Waals surface area contributed by atoms with Crippen LogP contribution in [-0.2, 0) is 19.2 Å². The van der Waals surface area contributed by atoms with E-state index in [2.05, 4.69) is 13.8 Å². The summed E-state index contributed by atoms with van der Waals surface area (Å²) in [5.41, 5.74) is 0. The van der Waals surface area contributed by atoms with Gasteiger partial charge in [0.2, 0.25) is 0 Å². The number of unbranched alkanes of at least 4 members (excludes halogenated alkanes) is 8. The Morgan fingerprint density at radius 3 is 1.03 bits per heavy atom. The summed E-state index contributed by atoms with van der Waals surface area (Å²) in [6.45, 7) is 4.28. The minimum absolute atomic E-state index is 0. The molecule has 0 heterocycles. The fraction of sp³-hybridized carbons (Fsp3) is 0.800. The molecule has 0 fully saturated rings. The molecule has 0 bridgehead atoms. The summed E-state index contributed by atoms with van der Waals surface area (Å²) in [5, 5.41) is 55.6. The van der Waals surface area contributed by atoms with Crippen LogP contribution in [0, 0.1) is 0 Å². The maximum atomic E-state index is 9.92. The summed E-state index contributed by atoms with van der Waals surface area (Å²) in [5.74, 6) is -5.96. The van der Waals surface area contributed by atoms with Gasteiger partial charge in [0.25, 0.3) is 0 Å². The standard InChI is InChI=1S/2C8H16O2.C4H6O6.Sn/c2*1-2-3-4-5-6-7-8(9)10;5-1(3(7)8)2(6)4(9)10;/h2*2-7H2,1H3,(H,9,10);1-2,5-6H,(H,7,8)(H,9,10);/q;;;+4/p-4. The first-order valence-electron chi connectivity index (χ1n) is 10.2. The van der Waals surface area contributed by atoms with Crippen LogP contribution < -0.4 is 20.4 Å². The van der Waals surface area contributed by atoms with Gasteiger partial charge in [-0.05, 0) is 25.7 Å². The van der Waals surface area contributed by atoms with Gasteiger partial charge in [-0.15, -0.1) is 0 Å². The van der Waals surface area contributed by atoms with Gasteiger partial charge >= 0.3 is 23.9 Å². The first-order chi connectivity index (χ1) is 14.0. The van der Waals surface area contributed by atoms with Crippen LogP contribution in [0.5, 0.6) is 0 Å². The second kappa shape index (κ2) is 26.6. The Bertz CT molecular complexity index is 429. The third-order valence-electron chi connectivity index (χ3n) is 3.75. The first kappa shape index (κ1) is 36.9. The number of carbonyl (C=O) groups excluding carboxylic acids is 4. The van der Waals surface area contributed by atoms with Gasteiger partial charge in [0.1, 0.15) is 12.2 Å². The van der Waals surface area contributed by atoms with E-state index in [1.807, 2.05) is 0 Å². The monoisotopic (exact) mass is 554 g/mol. The average molecular weight is 553 g/mol. The third-order valence-corrected chi connectivity index (χ3v) is 3.75. The number of rotatable bonds is 15. The second-order valence-electron chi connectivity index (χ2n) is 6.60. The zero-order chi connectivity index (χ0) is 23.9. The first-order valence-corrected chi connectivity index (χ1v) is 10.2. The van der Waals surface area contributed by atoms with E-state index in [9.17, 15) is 39.6 Å². The van der Waals surface area contributed by atoms with Gasteiger partial charge in [-0.25, -0.2) is 0 Å². The molecule has 2 atom stereocenters. The van der Waals surface area contributed by atoms with Crippen molar-refractivity contribution < 1.29 is 49.8 Å². The van der Waals surface area contributed by atoms with Crippen molar-refractivity contribution in [2.45, 2.75) is 103 Å². The molecule has 0 saturated carbocycles. The van der Waals surface area contributed by atoms with Crippen molar-refractivity contribution in [1.82, 2.24) is 0 Å². The van der Waals surface area contributed by atoms with Crippen LogP contribution >= 0.6 is 0 Å². The van der Waals surface area contributed by atoms with Crippen LogP contribution in [0.2, 0.25) is 0 Å². The van der Waals surface area contributed by atoms with Gasteiger partial charge in [0.05, 0.1) is 11.9 Å². The smallest absolute Gasteiger partial charge is 0.550 e. The Labute approximate surface area is 200 Å². The number of hydrogen-bond acceptors (Lipinski definition) is 10. The fourth-order valence-electron chi connectivity index (χ4n) is 2.00. The molecule has 0 saturated heterocycles. The van der Waals surface area contributed by atoms with Crippen LogP contribution in [0.3, 0.4) is 0 Å². The van der Waals surface area contributed by atoms with Crippen molar-refractivity contribution in [3.05, 3.63) is 0 Å². The Morgan fingerprint density at radius 2 is 0.839 bits per heavy atom. The van der Waals surface area contributed by atoms with Gasteiger partial charge in [-0.2, -0.15) is 0 Å². The van der Waals surface area contributed by atoms with E-state index < -0.39 is 36.1 Å². The van der Waals surface area contributed by atoms with Crippen LogP contribution in [0.25, 0.3) is 0 Å². The Balaban J connectivity index is -0.000000174. The Morgan fingerprint density at radius 1 is 0.581 bits per heavy atom. The van der Waals surface area contributed by atoms with E-state index in [1.54, 1.807) is 0 Å². The van der Waals surface area contributed by atoms with Crippen LogP contribution in [-0.4, -0.2) is 70.2 Å². The quantitative estimate of drug-likeness (QED) is 0.156. The molecule has 11 heteroatoms. The molecule has 0 amide bonds. The van der Waals surface area contributed by atoms with Crippen LogP contribution in [0.4, 0.5) is 0 Å². The third kappa shape index (κ3) is 33.4. The second-order valence-corrected chi connectivity index (χ2v) is 6.60. The van der Waals surface area contributed by atoms with Crippen molar-refractivity contribution >= 4 is 47.8 Å². The molecular formula is C20H34O10Sn. The minimum Gasteiger partial charge on any atom is -0.550 e. The van der Waals surface area contributed by atoms with E-state index in [0.717, 1.165) is 38.5 Å². The van der Waals surface area contributed by atoms with Crippen molar-refractivity contribution in [1.29, 1.82) is 0 Å². The maximum Gasteiger partial charge on any atom is 4.00 e. The summed E-state index contributed by atoms with van der Waals surface area (Å²) in [7, 11) is 0. The van der Waals surface area contributed by atoms with E-state index in [1.165, 1.54) is 25.7 Å². The number of carboxylic acid groups (broad SMARTS) is 4. The molecule has 2 N–H and O–H groups in total. The molecule has 0 aliphatic rings. The van der Waals surface area contributed by atoms with Crippen molar-refractivity contribution in [2.75, 3.05) is 0 Å². The zero-order valence-electron chi connectivity index (χ0n) is 18.3. The number of carboxylic acids is 4. The van der Waals surface area contributed by atoms with E-state index in [0.29, 0.717) is 0 Å². The molecule has 31 heavy (non-hydrogen) atoms. The molecule has 0 spiro atoms. The summed E-state index contributed by atoms with van der Waals surface area (Å²) in [4.78, 5) is 39.1. The number of aliphatic hydroxyl groups is 2. The largest absolute Gasteiger partial charge is 4.00 e. The molecule has 0 aromatic carbocycles. The van der Waals surface area contributed by atoms with Gasteiger partial charge in [-0.3, -0.25) is 0 Å². The molecule has 0 radical (unpaired) electrons. The van der Waals surface area contributed by atoms with Crippen molar-refractivity contribution in [3.63, 3.8) is 0 Å². The molecule has 2 unspecified atom stereocenters. The number of carbonyl (C=O) groups is 4. The van der Waals surface area contributed by atoms with Gasteiger partial charge in [0, 0.05) is 11.9 Å². The minimum atomic E-state index is -2.44. The molecule has 0 rings (SSSR count). The van der Waals surface area contributed by atoms with Gasteiger partial charge in [0.15, 0.2) is 0 Å². The summed E-state index contributed by atoms with van der Waals surface area (Å²) >= 11 is 0. The van der Waals surface area contributed by atoms with E-state index >= 15 is 0 Å². The topological polar surface area (TPSA) is 201 Å². The van der Waals surface area contributed by atoms with Gasteiger partial charge < -0.3 is 49.8 Å². The molecule has 0 aromatic heterocycles. The number of aliphatic hydroxyl groups excluding tert-OH is 2. The van der Waals surface area contributed by atoms with E-state index in [-0.39, 0.29) is 36.7 Å². The zero-order valence-corrected chi connectivity index (χ0v) is 21.2. The normalized spacial score (nSPS) is 11.4. The molecular weight excluding hydrogens is 519 g/mol. The number of aliphatic carboxylic acids is 4. The van der Waals surface area contributed by atoms with Gasteiger partial charge in [-0.1, -0.05) is 65.2 Å². The Kier molecular flexibility index (Phi) is 31.7. The summed E-state index contributed by atoms with van der Waals surface area (Å²) < 4.78 is 0.